The predicted molar refractivity (Wildman–Crippen MR) is 90.3 cm³/mol. The summed E-state index contributed by atoms with van der Waals surface area (Å²) in [6.07, 6.45) is 2.93. The highest BCUT2D eigenvalue weighted by Crippen LogP contribution is 2.34. The summed E-state index contributed by atoms with van der Waals surface area (Å²) in [5.41, 5.74) is 6.97. The Hall–Kier alpha value is -0.830. The number of hydrogen-bond acceptors (Lipinski definition) is 3. The van der Waals surface area contributed by atoms with Crippen molar-refractivity contribution in [3.8, 4) is 0 Å². The summed E-state index contributed by atoms with van der Waals surface area (Å²) in [4.78, 5) is 6.25. The van der Waals surface area contributed by atoms with Gasteiger partial charge in [-0.2, -0.15) is 5.10 Å². The Bertz CT molecular complexity index is 446. The van der Waals surface area contributed by atoms with E-state index in [-0.39, 0.29) is 30.1 Å². The zero-order chi connectivity index (χ0) is 13.8. The zero-order valence-corrected chi connectivity index (χ0v) is 14.7. The van der Waals surface area contributed by atoms with Gasteiger partial charge in [0.15, 0.2) is 5.96 Å². The molecule has 7 heteroatoms. The number of aryl methyl sites for hydroxylation is 1. The topological polar surface area (TPSA) is 68.7 Å². The molecule has 0 radical (unpaired) electrons. The third-order valence-corrected chi connectivity index (χ3v) is 3.50. The molecule has 2 rings (SSSR count). The maximum absolute atomic E-state index is 5.86. The molecule has 1 aliphatic heterocycles. The van der Waals surface area contributed by atoms with Crippen molar-refractivity contribution in [2.45, 2.75) is 26.0 Å². The number of aliphatic imine (C=N–C) groups is 1. The fourth-order valence-electron chi connectivity index (χ4n) is 2.35. The highest BCUT2D eigenvalue weighted by Gasteiger charge is 2.31. The van der Waals surface area contributed by atoms with E-state index in [1.54, 1.807) is 0 Å². The van der Waals surface area contributed by atoms with Gasteiger partial charge in [-0.15, -0.1) is 24.0 Å². The Labute approximate surface area is 137 Å². The number of halogens is 1. The standard InChI is InChI=1S/C13H23N5O.HI/c1-4-18-11(5-7-16-18)12-10(6-8-19-12)9-15-13(14)17(2)3;/h5,7,10,12H,4,6,8-9H2,1-3H3,(H2,14,15);1H/t10-,12+;/m0./s1. The Morgan fingerprint density at radius 1 is 1.60 bits per heavy atom. The molecule has 2 atom stereocenters. The fraction of sp³-hybridized carbons (Fsp3) is 0.692. The quantitative estimate of drug-likeness (QED) is 0.478. The van der Waals surface area contributed by atoms with Crippen molar-refractivity contribution >= 4 is 29.9 Å². The lowest BCUT2D eigenvalue weighted by molar-refractivity contribution is 0.0850. The molecule has 0 unspecified atom stereocenters. The van der Waals surface area contributed by atoms with Crippen LogP contribution in [0.2, 0.25) is 0 Å². The summed E-state index contributed by atoms with van der Waals surface area (Å²) in [7, 11) is 3.79. The van der Waals surface area contributed by atoms with Crippen LogP contribution in [0.5, 0.6) is 0 Å². The minimum Gasteiger partial charge on any atom is -0.372 e. The summed E-state index contributed by atoms with van der Waals surface area (Å²) >= 11 is 0. The third kappa shape index (κ3) is 3.85. The van der Waals surface area contributed by atoms with Crippen molar-refractivity contribution < 1.29 is 4.74 Å². The SMILES string of the molecule is CCn1nccc1[C@@H]1OCC[C@H]1CN=C(N)N(C)C.I. The van der Waals surface area contributed by atoms with E-state index < -0.39 is 0 Å². The molecule has 1 saturated heterocycles. The second-order valence-corrected chi connectivity index (χ2v) is 5.01. The lowest BCUT2D eigenvalue weighted by atomic mass is 9.99. The van der Waals surface area contributed by atoms with Gasteiger partial charge in [0.25, 0.3) is 0 Å². The van der Waals surface area contributed by atoms with Crippen LogP contribution in [0, 0.1) is 5.92 Å². The molecule has 0 amide bonds. The van der Waals surface area contributed by atoms with Gasteiger partial charge in [0.1, 0.15) is 6.10 Å². The molecule has 0 bridgehead atoms. The number of rotatable bonds is 4. The van der Waals surface area contributed by atoms with E-state index >= 15 is 0 Å². The first kappa shape index (κ1) is 17.2. The van der Waals surface area contributed by atoms with E-state index in [1.807, 2.05) is 35.9 Å². The Balaban J connectivity index is 0.00000200. The first-order valence-electron chi connectivity index (χ1n) is 6.74. The van der Waals surface area contributed by atoms with Crippen LogP contribution in [0.25, 0.3) is 0 Å². The molecule has 2 heterocycles. The maximum atomic E-state index is 5.86. The summed E-state index contributed by atoms with van der Waals surface area (Å²) in [5.74, 6) is 0.940. The van der Waals surface area contributed by atoms with E-state index in [0.717, 1.165) is 25.3 Å². The van der Waals surface area contributed by atoms with Crippen molar-refractivity contribution in [3.05, 3.63) is 18.0 Å². The molecule has 6 nitrogen and oxygen atoms in total. The number of aromatic nitrogens is 2. The molecule has 0 spiro atoms. The number of nitrogens with two attached hydrogens (primary N) is 1. The average molecular weight is 393 g/mol. The van der Waals surface area contributed by atoms with Gasteiger partial charge in [0, 0.05) is 45.9 Å². The average Bonchev–Trinajstić information content (AvgIpc) is 3.03. The van der Waals surface area contributed by atoms with Gasteiger partial charge in [-0.05, 0) is 19.4 Å². The molecule has 2 N–H and O–H groups in total. The van der Waals surface area contributed by atoms with Crippen LogP contribution >= 0.6 is 24.0 Å². The smallest absolute Gasteiger partial charge is 0.190 e. The van der Waals surface area contributed by atoms with Crippen molar-refractivity contribution in [1.82, 2.24) is 14.7 Å². The van der Waals surface area contributed by atoms with E-state index in [2.05, 4.69) is 17.0 Å². The molecule has 1 aliphatic rings. The number of nitrogens with zero attached hydrogens (tertiary/aromatic N) is 4. The van der Waals surface area contributed by atoms with Gasteiger partial charge in [-0.25, -0.2) is 0 Å². The Kier molecular flexibility index (Phi) is 6.74. The summed E-state index contributed by atoms with van der Waals surface area (Å²) in [5, 5.41) is 4.31. The molecule has 1 fully saturated rings. The van der Waals surface area contributed by atoms with Crippen LogP contribution in [0.3, 0.4) is 0 Å². The van der Waals surface area contributed by atoms with E-state index in [4.69, 9.17) is 10.5 Å². The number of hydrogen-bond donors (Lipinski definition) is 1. The molecule has 1 aromatic rings. The van der Waals surface area contributed by atoms with Gasteiger partial charge in [-0.1, -0.05) is 0 Å². The second kappa shape index (κ2) is 7.82. The van der Waals surface area contributed by atoms with Crippen molar-refractivity contribution in [3.63, 3.8) is 0 Å². The van der Waals surface area contributed by atoms with Gasteiger partial charge in [0.2, 0.25) is 0 Å². The summed E-state index contributed by atoms with van der Waals surface area (Å²) < 4.78 is 7.85. The van der Waals surface area contributed by atoms with Crippen LogP contribution in [-0.2, 0) is 11.3 Å². The van der Waals surface area contributed by atoms with Crippen molar-refractivity contribution in [1.29, 1.82) is 0 Å². The molecule has 0 aliphatic carbocycles. The first-order chi connectivity index (χ1) is 9.13. The summed E-state index contributed by atoms with van der Waals surface area (Å²) in [6, 6.07) is 2.03. The van der Waals surface area contributed by atoms with Crippen LogP contribution in [0.4, 0.5) is 0 Å². The molecular formula is C13H24IN5O. The zero-order valence-electron chi connectivity index (χ0n) is 12.3. The lowest BCUT2D eigenvalue weighted by Crippen LogP contribution is -2.31. The lowest BCUT2D eigenvalue weighted by Gasteiger charge is -2.19. The van der Waals surface area contributed by atoms with Gasteiger partial charge < -0.3 is 15.4 Å². The fourth-order valence-corrected chi connectivity index (χ4v) is 2.35. The molecule has 20 heavy (non-hydrogen) atoms. The van der Waals surface area contributed by atoms with E-state index in [9.17, 15) is 0 Å². The van der Waals surface area contributed by atoms with Gasteiger partial charge >= 0.3 is 0 Å². The Morgan fingerprint density at radius 3 is 3.00 bits per heavy atom. The largest absolute Gasteiger partial charge is 0.372 e. The van der Waals surface area contributed by atoms with Crippen LogP contribution in [0.15, 0.2) is 17.3 Å². The molecule has 0 aromatic carbocycles. The molecule has 1 aromatic heterocycles. The highest BCUT2D eigenvalue weighted by atomic mass is 127. The van der Waals surface area contributed by atoms with Crippen LogP contribution < -0.4 is 5.73 Å². The van der Waals surface area contributed by atoms with Crippen LogP contribution in [0.1, 0.15) is 25.1 Å². The monoisotopic (exact) mass is 393 g/mol. The second-order valence-electron chi connectivity index (χ2n) is 5.01. The Morgan fingerprint density at radius 2 is 2.35 bits per heavy atom. The maximum Gasteiger partial charge on any atom is 0.190 e. The molecular weight excluding hydrogens is 369 g/mol. The van der Waals surface area contributed by atoms with Crippen molar-refractivity contribution in [2.24, 2.45) is 16.6 Å². The normalized spacial score (nSPS) is 22.6. The predicted octanol–water partition coefficient (Wildman–Crippen LogP) is 1.47. The van der Waals surface area contributed by atoms with E-state index in [1.165, 1.54) is 0 Å². The van der Waals surface area contributed by atoms with Crippen molar-refractivity contribution in [2.75, 3.05) is 27.2 Å². The highest BCUT2D eigenvalue weighted by molar-refractivity contribution is 14.0. The molecule has 0 saturated carbocycles. The summed E-state index contributed by atoms with van der Waals surface area (Å²) in [6.45, 7) is 4.42. The van der Waals surface area contributed by atoms with E-state index in [0.29, 0.717) is 18.4 Å². The van der Waals surface area contributed by atoms with Gasteiger partial charge in [0.05, 0.1) is 5.69 Å². The van der Waals surface area contributed by atoms with Gasteiger partial charge in [-0.3, -0.25) is 9.67 Å². The van der Waals surface area contributed by atoms with Crippen LogP contribution in [-0.4, -0.2) is 47.9 Å². The third-order valence-electron chi connectivity index (χ3n) is 3.50. The minimum atomic E-state index is 0. The first-order valence-corrected chi connectivity index (χ1v) is 6.74. The number of ether oxygens (including phenoxy) is 1. The minimum absolute atomic E-state index is 0. The molecule has 114 valence electrons. The number of guanidine groups is 1.